The minimum Gasteiger partial charge on any atom is -0.422 e. The van der Waals surface area contributed by atoms with E-state index in [1.54, 1.807) is 24.5 Å². The number of aromatic nitrogens is 3. The quantitative estimate of drug-likeness (QED) is 0.400. The number of carbonyl (C=O) groups is 1. The van der Waals surface area contributed by atoms with Crippen LogP contribution >= 0.6 is 0 Å². The van der Waals surface area contributed by atoms with Crippen molar-refractivity contribution in [2.45, 2.75) is 6.92 Å². The fourth-order valence-electron chi connectivity index (χ4n) is 2.79. The molecule has 0 unspecified atom stereocenters. The number of para-hydroxylation sites is 2. The SMILES string of the molecule is Cc1ccc(C(=O)Oc2ccccc2-c2nncn2-c2ccccc2)cc1. The highest BCUT2D eigenvalue weighted by molar-refractivity contribution is 5.92. The van der Waals surface area contributed by atoms with Crippen LogP contribution < -0.4 is 4.74 Å². The molecule has 0 aliphatic heterocycles. The highest BCUT2D eigenvalue weighted by Crippen LogP contribution is 2.30. The summed E-state index contributed by atoms with van der Waals surface area (Å²) in [5.41, 5.74) is 3.21. The van der Waals surface area contributed by atoms with Crippen LogP contribution in [0.4, 0.5) is 0 Å². The molecule has 5 heteroatoms. The zero-order valence-corrected chi connectivity index (χ0v) is 14.7. The van der Waals surface area contributed by atoms with Crippen molar-refractivity contribution in [3.63, 3.8) is 0 Å². The molecule has 0 radical (unpaired) electrons. The molecule has 0 bridgehead atoms. The van der Waals surface area contributed by atoms with Gasteiger partial charge >= 0.3 is 5.97 Å². The van der Waals surface area contributed by atoms with Crippen LogP contribution in [0.25, 0.3) is 17.1 Å². The van der Waals surface area contributed by atoms with Crippen LogP contribution in [0.3, 0.4) is 0 Å². The third kappa shape index (κ3) is 3.48. The standard InChI is InChI=1S/C22H17N3O2/c1-16-11-13-17(14-12-16)22(26)27-20-10-6-5-9-19(20)21-24-23-15-25(21)18-7-3-2-4-8-18/h2-15H,1H3. The van der Waals surface area contributed by atoms with E-state index in [-0.39, 0.29) is 0 Å². The zero-order valence-electron chi connectivity index (χ0n) is 14.7. The molecule has 1 aromatic heterocycles. The van der Waals surface area contributed by atoms with Crippen molar-refractivity contribution in [3.05, 3.63) is 96.3 Å². The number of ether oxygens (including phenoxy) is 1. The van der Waals surface area contributed by atoms with Gasteiger partial charge in [0.1, 0.15) is 12.1 Å². The fourth-order valence-corrected chi connectivity index (χ4v) is 2.79. The number of hydrogen-bond acceptors (Lipinski definition) is 4. The van der Waals surface area contributed by atoms with Crippen LogP contribution in [-0.4, -0.2) is 20.7 Å². The molecule has 3 aromatic carbocycles. The first-order chi connectivity index (χ1) is 13.2. The first-order valence-corrected chi connectivity index (χ1v) is 8.56. The Morgan fingerprint density at radius 3 is 2.37 bits per heavy atom. The van der Waals surface area contributed by atoms with E-state index in [1.165, 1.54) is 0 Å². The van der Waals surface area contributed by atoms with E-state index in [4.69, 9.17) is 4.74 Å². The van der Waals surface area contributed by atoms with Gasteiger partial charge in [0.15, 0.2) is 5.82 Å². The normalized spacial score (nSPS) is 10.6. The molecular formula is C22H17N3O2. The molecule has 0 atom stereocenters. The van der Waals surface area contributed by atoms with Gasteiger partial charge in [0, 0.05) is 5.69 Å². The molecule has 0 N–H and O–H groups in total. The summed E-state index contributed by atoms with van der Waals surface area (Å²) in [4.78, 5) is 12.5. The summed E-state index contributed by atoms with van der Waals surface area (Å²) >= 11 is 0. The van der Waals surface area contributed by atoms with Gasteiger partial charge in [0.05, 0.1) is 11.1 Å². The molecule has 5 nitrogen and oxygen atoms in total. The lowest BCUT2D eigenvalue weighted by Gasteiger charge is -2.11. The summed E-state index contributed by atoms with van der Waals surface area (Å²) in [5, 5.41) is 8.27. The van der Waals surface area contributed by atoms with E-state index in [0.29, 0.717) is 22.7 Å². The number of hydrogen-bond donors (Lipinski definition) is 0. The predicted octanol–water partition coefficient (Wildman–Crippen LogP) is 4.46. The smallest absolute Gasteiger partial charge is 0.343 e. The number of carbonyl (C=O) groups excluding carboxylic acids is 1. The van der Waals surface area contributed by atoms with Gasteiger partial charge in [0.2, 0.25) is 0 Å². The minimum atomic E-state index is -0.409. The van der Waals surface area contributed by atoms with Crippen LogP contribution in [0, 0.1) is 6.92 Å². The Labute approximate surface area is 156 Å². The molecule has 0 aliphatic rings. The predicted molar refractivity (Wildman–Crippen MR) is 103 cm³/mol. The molecule has 0 amide bonds. The summed E-state index contributed by atoms with van der Waals surface area (Å²) in [6.07, 6.45) is 1.64. The topological polar surface area (TPSA) is 57.0 Å². The highest BCUT2D eigenvalue weighted by atomic mass is 16.5. The van der Waals surface area contributed by atoms with Gasteiger partial charge in [-0.2, -0.15) is 0 Å². The van der Waals surface area contributed by atoms with E-state index >= 15 is 0 Å². The lowest BCUT2D eigenvalue weighted by atomic mass is 10.1. The average molecular weight is 355 g/mol. The van der Waals surface area contributed by atoms with E-state index in [0.717, 1.165) is 11.3 Å². The van der Waals surface area contributed by atoms with Crippen molar-refractivity contribution in [3.8, 4) is 22.8 Å². The maximum absolute atomic E-state index is 12.5. The third-order valence-electron chi connectivity index (χ3n) is 4.20. The van der Waals surface area contributed by atoms with Crippen LogP contribution in [0.1, 0.15) is 15.9 Å². The first-order valence-electron chi connectivity index (χ1n) is 8.56. The first kappa shape index (κ1) is 16.7. The highest BCUT2D eigenvalue weighted by Gasteiger charge is 2.17. The Bertz CT molecular complexity index is 1070. The molecule has 0 aliphatic carbocycles. The maximum Gasteiger partial charge on any atom is 0.343 e. The summed E-state index contributed by atoms with van der Waals surface area (Å²) in [7, 11) is 0. The van der Waals surface area contributed by atoms with Crippen molar-refractivity contribution in [2.75, 3.05) is 0 Å². The number of aryl methyl sites for hydroxylation is 1. The zero-order chi connectivity index (χ0) is 18.6. The Hall–Kier alpha value is -3.73. The van der Waals surface area contributed by atoms with Crippen LogP contribution in [0.5, 0.6) is 5.75 Å². The number of benzene rings is 3. The second kappa shape index (κ2) is 7.25. The van der Waals surface area contributed by atoms with Crippen LogP contribution in [-0.2, 0) is 0 Å². The molecule has 1 heterocycles. The van der Waals surface area contributed by atoms with E-state index in [9.17, 15) is 4.79 Å². The minimum absolute atomic E-state index is 0.409. The van der Waals surface area contributed by atoms with Crippen molar-refractivity contribution >= 4 is 5.97 Å². The summed E-state index contributed by atoms with van der Waals surface area (Å²) < 4.78 is 7.53. The van der Waals surface area contributed by atoms with Crippen LogP contribution in [0.15, 0.2) is 85.2 Å². The monoisotopic (exact) mass is 355 g/mol. The van der Waals surface area contributed by atoms with Gasteiger partial charge in [-0.15, -0.1) is 10.2 Å². The maximum atomic E-state index is 12.5. The molecule has 0 saturated carbocycles. The van der Waals surface area contributed by atoms with Crippen molar-refractivity contribution in [1.82, 2.24) is 14.8 Å². The van der Waals surface area contributed by atoms with Gasteiger partial charge in [-0.25, -0.2) is 4.79 Å². The van der Waals surface area contributed by atoms with Gasteiger partial charge in [-0.3, -0.25) is 4.57 Å². The number of esters is 1. The molecule has 0 spiro atoms. The van der Waals surface area contributed by atoms with Crippen molar-refractivity contribution in [1.29, 1.82) is 0 Å². The molecule has 4 aromatic rings. The second-order valence-electron chi connectivity index (χ2n) is 6.11. The van der Waals surface area contributed by atoms with Crippen molar-refractivity contribution in [2.24, 2.45) is 0 Å². The Morgan fingerprint density at radius 1 is 0.889 bits per heavy atom. The van der Waals surface area contributed by atoms with Gasteiger partial charge in [-0.05, 0) is 43.3 Å². The third-order valence-corrected chi connectivity index (χ3v) is 4.20. The van der Waals surface area contributed by atoms with Crippen molar-refractivity contribution < 1.29 is 9.53 Å². The molecule has 4 rings (SSSR count). The largest absolute Gasteiger partial charge is 0.422 e. The lowest BCUT2D eigenvalue weighted by molar-refractivity contribution is 0.0735. The Balaban J connectivity index is 1.70. The number of rotatable bonds is 4. The molecule has 0 fully saturated rings. The Kier molecular flexibility index (Phi) is 4.49. The summed E-state index contributed by atoms with van der Waals surface area (Å²) in [6.45, 7) is 1.97. The van der Waals surface area contributed by atoms with Gasteiger partial charge < -0.3 is 4.74 Å². The summed E-state index contributed by atoms with van der Waals surface area (Å²) in [6, 6.07) is 24.4. The second-order valence-corrected chi connectivity index (χ2v) is 6.11. The molecule has 27 heavy (non-hydrogen) atoms. The average Bonchev–Trinajstić information content (AvgIpc) is 3.19. The molecule has 132 valence electrons. The number of nitrogens with zero attached hydrogens (tertiary/aromatic N) is 3. The van der Waals surface area contributed by atoms with Gasteiger partial charge in [0.25, 0.3) is 0 Å². The van der Waals surface area contributed by atoms with Crippen LogP contribution in [0.2, 0.25) is 0 Å². The summed E-state index contributed by atoms with van der Waals surface area (Å²) in [5.74, 6) is 0.634. The molecular weight excluding hydrogens is 338 g/mol. The van der Waals surface area contributed by atoms with Gasteiger partial charge in [-0.1, -0.05) is 48.0 Å². The lowest BCUT2D eigenvalue weighted by Crippen LogP contribution is -2.09. The fraction of sp³-hybridized carbons (Fsp3) is 0.0455. The Morgan fingerprint density at radius 2 is 1.59 bits per heavy atom. The van der Waals surface area contributed by atoms with E-state index in [2.05, 4.69) is 10.2 Å². The van der Waals surface area contributed by atoms with E-state index in [1.807, 2.05) is 72.2 Å². The van der Waals surface area contributed by atoms with E-state index < -0.39 is 5.97 Å². The molecule has 0 saturated heterocycles.